The number of benzene rings is 1. The van der Waals surface area contributed by atoms with Crippen molar-refractivity contribution in [2.45, 2.75) is 19.4 Å². The summed E-state index contributed by atoms with van der Waals surface area (Å²) in [6.45, 7) is 3.67. The summed E-state index contributed by atoms with van der Waals surface area (Å²) in [5.74, 6) is 0.910. The molecular formula is C13H18BrN. The summed E-state index contributed by atoms with van der Waals surface area (Å²) in [6, 6.07) is 10.8. The smallest absolute Gasteiger partial charge is 0.0233 e. The minimum Gasteiger partial charge on any atom is -0.299 e. The first-order valence-corrected chi connectivity index (χ1v) is 6.83. The van der Waals surface area contributed by atoms with Gasteiger partial charge in [-0.2, -0.15) is 0 Å². The molecule has 82 valence electrons. The Labute approximate surface area is 101 Å². The van der Waals surface area contributed by atoms with Crippen LogP contribution in [0.1, 0.15) is 18.4 Å². The number of alkyl halides is 1. The average molecular weight is 268 g/mol. The number of hydrogen-bond acceptors (Lipinski definition) is 1. The third-order valence-corrected chi connectivity index (χ3v) is 3.59. The molecule has 15 heavy (non-hydrogen) atoms. The van der Waals surface area contributed by atoms with E-state index in [0.717, 1.165) is 17.8 Å². The summed E-state index contributed by atoms with van der Waals surface area (Å²) in [5, 5.41) is 1.15. The largest absolute Gasteiger partial charge is 0.299 e. The first kappa shape index (κ1) is 11.2. The number of likely N-dealkylation sites (tertiary alicyclic amines) is 1. The van der Waals surface area contributed by atoms with Crippen molar-refractivity contribution in [2.75, 3.05) is 18.4 Å². The van der Waals surface area contributed by atoms with E-state index < -0.39 is 0 Å². The molecule has 0 bridgehead atoms. The van der Waals surface area contributed by atoms with Crippen LogP contribution in [-0.4, -0.2) is 23.3 Å². The molecule has 0 saturated carbocycles. The van der Waals surface area contributed by atoms with Crippen LogP contribution in [0, 0.1) is 5.92 Å². The van der Waals surface area contributed by atoms with Gasteiger partial charge in [-0.15, -0.1) is 0 Å². The van der Waals surface area contributed by atoms with Crippen LogP contribution in [0.15, 0.2) is 30.3 Å². The summed E-state index contributed by atoms with van der Waals surface area (Å²) >= 11 is 3.53. The lowest BCUT2D eigenvalue weighted by Gasteiger charge is -2.15. The molecular weight excluding hydrogens is 250 g/mol. The van der Waals surface area contributed by atoms with Crippen LogP contribution in [0.4, 0.5) is 0 Å². The Morgan fingerprint density at radius 3 is 2.80 bits per heavy atom. The molecule has 2 rings (SSSR count). The fraction of sp³-hybridized carbons (Fsp3) is 0.538. The molecule has 0 radical (unpaired) electrons. The molecule has 1 aromatic rings. The topological polar surface area (TPSA) is 3.24 Å². The van der Waals surface area contributed by atoms with E-state index in [-0.39, 0.29) is 0 Å². The van der Waals surface area contributed by atoms with Crippen molar-refractivity contribution in [1.82, 2.24) is 4.90 Å². The maximum atomic E-state index is 3.53. The minimum absolute atomic E-state index is 0.910. The Bertz CT molecular complexity index is 286. The molecule has 0 aromatic heterocycles. The van der Waals surface area contributed by atoms with Gasteiger partial charge in [-0.25, -0.2) is 0 Å². The first-order chi connectivity index (χ1) is 7.38. The Morgan fingerprint density at radius 1 is 1.27 bits per heavy atom. The summed E-state index contributed by atoms with van der Waals surface area (Å²) in [6.07, 6.45) is 2.70. The summed E-state index contributed by atoms with van der Waals surface area (Å²) < 4.78 is 0. The Hall–Kier alpha value is -0.340. The predicted octanol–water partition coefficient (Wildman–Crippen LogP) is 3.29. The molecule has 1 aliphatic heterocycles. The monoisotopic (exact) mass is 267 g/mol. The average Bonchev–Trinajstić information content (AvgIpc) is 2.68. The molecule has 0 amide bonds. The maximum Gasteiger partial charge on any atom is 0.0233 e. The normalized spacial score (nSPS) is 22.1. The highest BCUT2D eigenvalue weighted by molar-refractivity contribution is 9.09. The molecule has 1 saturated heterocycles. The fourth-order valence-electron chi connectivity index (χ4n) is 2.29. The van der Waals surface area contributed by atoms with Crippen molar-refractivity contribution in [3.63, 3.8) is 0 Å². The van der Waals surface area contributed by atoms with Gasteiger partial charge >= 0.3 is 0 Å². The van der Waals surface area contributed by atoms with Crippen LogP contribution in [0.2, 0.25) is 0 Å². The molecule has 1 aromatic carbocycles. The molecule has 1 fully saturated rings. The lowest BCUT2D eigenvalue weighted by atomic mass is 10.1. The van der Waals surface area contributed by atoms with Crippen LogP contribution in [0.3, 0.4) is 0 Å². The van der Waals surface area contributed by atoms with Gasteiger partial charge < -0.3 is 0 Å². The lowest BCUT2D eigenvalue weighted by Crippen LogP contribution is -2.20. The van der Waals surface area contributed by atoms with Crippen molar-refractivity contribution < 1.29 is 0 Å². The fourth-order valence-corrected chi connectivity index (χ4v) is 2.94. The van der Waals surface area contributed by atoms with E-state index >= 15 is 0 Å². The van der Waals surface area contributed by atoms with Crippen molar-refractivity contribution in [3.05, 3.63) is 35.9 Å². The molecule has 0 aliphatic carbocycles. The maximum absolute atomic E-state index is 3.53. The van der Waals surface area contributed by atoms with E-state index in [0.29, 0.717) is 0 Å². The zero-order valence-electron chi connectivity index (χ0n) is 9.03. The van der Waals surface area contributed by atoms with Crippen LogP contribution < -0.4 is 0 Å². The highest BCUT2D eigenvalue weighted by atomic mass is 79.9. The molecule has 1 heterocycles. The minimum atomic E-state index is 0.910. The van der Waals surface area contributed by atoms with E-state index in [4.69, 9.17) is 0 Å². The van der Waals surface area contributed by atoms with Crippen molar-refractivity contribution >= 4 is 15.9 Å². The second-order valence-corrected chi connectivity index (χ2v) is 5.15. The Morgan fingerprint density at radius 2 is 2.07 bits per heavy atom. The summed E-state index contributed by atoms with van der Waals surface area (Å²) in [5.41, 5.74) is 1.44. The summed E-state index contributed by atoms with van der Waals surface area (Å²) in [7, 11) is 0. The van der Waals surface area contributed by atoms with Gasteiger partial charge in [0.15, 0.2) is 0 Å². The zero-order valence-corrected chi connectivity index (χ0v) is 10.6. The standard InChI is InChI=1S/C13H18BrN/c14-8-6-13-7-9-15(11-13)10-12-4-2-1-3-5-12/h1-5,13H,6-11H2/t13-/m1/s1. The molecule has 1 aliphatic rings. The highest BCUT2D eigenvalue weighted by Gasteiger charge is 2.21. The molecule has 1 nitrogen and oxygen atoms in total. The molecule has 0 spiro atoms. The third-order valence-electron chi connectivity index (χ3n) is 3.14. The number of rotatable bonds is 4. The van der Waals surface area contributed by atoms with Gasteiger partial charge in [-0.05, 0) is 30.9 Å². The van der Waals surface area contributed by atoms with Gasteiger partial charge in [-0.3, -0.25) is 4.90 Å². The van der Waals surface area contributed by atoms with E-state index in [1.54, 1.807) is 0 Å². The van der Waals surface area contributed by atoms with Crippen LogP contribution in [0.25, 0.3) is 0 Å². The second-order valence-electron chi connectivity index (χ2n) is 4.35. The number of halogens is 1. The van der Waals surface area contributed by atoms with E-state index in [2.05, 4.69) is 51.2 Å². The van der Waals surface area contributed by atoms with Crippen molar-refractivity contribution in [3.8, 4) is 0 Å². The van der Waals surface area contributed by atoms with E-state index in [1.807, 2.05) is 0 Å². The lowest BCUT2D eigenvalue weighted by molar-refractivity contribution is 0.315. The van der Waals surface area contributed by atoms with Crippen LogP contribution >= 0.6 is 15.9 Å². The van der Waals surface area contributed by atoms with Gasteiger partial charge in [0.05, 0.1) is 0 Å². The van der Waals surface area contributed by atoms with Gasteiger partial charge in [0.2, 0.25) is 0 Å². The molecule has 0 unspecified atom stereocenters. The van der Waals surface area contributed by atoms with Crippen molar-refractivity contribution in [2.24, 2.45) is 5.92 Å². The van der Waals surface area contributed by atoms with Crippen LogP contribution in [0.5, 0.6) is 0 Å². The van der Waals surface area contributed by atoms with E-state index in [1.165, 1.54) is 31.5 Å². The first-order valence-electron chi connectivity index (χ1n) is 5.70. The second kappa shape index (κ2) is 5.66. The Kier molecular flexibility index (Phi) is 4.21. The molecule has 1 atom stereocenters. The van der Waals surface area contributed by atoms with Gasteiger partial charge in [0, 0.05) is 18.4 Å². The quantitative estimate of drug-likeness (QED) is 0.757. The third kappa shape index (κ3) is 3.32. The van der Waals surface area contributed by atoms with Crippen LogP contribution in [-0.2, 0) is 6.54 Å². The van der Waals surface area contributed by atoms with Gasteiger partial charge in [0.25, 0.3) is 0 Å². The number of nitrogens with zero attached hydrogens (tertiary/aromatic N) is 1. The SMILES string of the molecule is BrCC[C@@H]1CCN(Cc2ccccc2)C1. The molecule has 0 N–H and O–H groups in total. The molecule has 2 heteroatoms. The number of hydrogen-bond donors (Lipinski definition) is 0. The predicted molar refractivity (Wildman–Crippen MR) is 68.2 cm³/mol. The Balaban J connectivity index is 1.82. The zero-order chi connectivity index (χ0) is 10.5. The van der Waals surface area contributed by atoms with Crippen molar-refractivity contribution in [1.29, 1.82) is 0 Å². The van der Waals surface area contributed by atoms with Gasteiger partial charge in [-0.1, -0.05) is 46.3 Å². The highest BCUT2D eigenvalue weighted by Crippen LogP contribution is 2.21. The van der Waals surface area contributed by atoms with Gasteiger partial charge in [0.1, 0.15) is 0 Å². The summed E-state index contributed by atoms with van der Waals surface area (Å²) in [4.78, 5) is 2.57. The van der Waals surface area contributed by atoms with E-state index in [9.17, 15) is 0 Å².